The number of carbonyl (C=O) groups is 3. The summed E-state index contributed by atoms with van der Waals surface area (Å²) in [5.41, 5.74) is 0.706. The molecular formula is C30H26F3N6O7S-. The number of aromatic nitrogens is 2. The number of nitrogens with one attached hydrogen (secondary N) is 1. The third-order valence-corrected chi connectivity index (χ3v) is 8.46. The number of hydrazine groups is 1. The smallest absolute Gasteiger partial charge is 0.435 e. The van der Waals surface area contributed by atoms with Crippen LogP contribution in [0.5, 0.6) is 0 Å². The predicted molar refractivity (Wildman–Crippen MR) is 159 cm³/mol. The van der Waals surface area contributed by atoms with Gasteiger partial charge < -0.3 is 5.21 Å². The number of nitrogens with zero attached hydrogens (tertiary/aromatic N) is 5. The van der Waals surface area contributed by atoms with Crippen molar-refractivity contribution in [3.63, 3.8) is 0 Å². The third-order valence-electron chi connectivity index (χ3n) is 7.07. The Labute approximate surface area is 266 Å². The number of halogens is 3. The van der Waals surface area contributed by atoms with Gasteiger partial charge in [0, 0.05) is 12.6 Å². The van der Waals surface area contributed by atoms with Crippen LogP contribution in [0.4, 0.5) is 13.2 Å². The molecule has 47 heavy (non-hydrogen) atoms. The second-order valence-corrected chi connectivity index (χ2v) is 12.2. The van der Waals surface area contributed by atoms with Gasteiger partial charge in [0.2, 0.25) is 5.91 Å². The van der Waals surface area contributed by atoms with E-state index in [1.807, 2.05) is 6.92 Å². The zero-order valence-electron chi connectivity index (χ0n) is 24.9. The molecule has 3 aromatic carbocycles. The van der Waals surface area contributed by atoms with Crippen LogP contribution >= 0.6 is 0 Å². The lowest BCUT2D eigenvalue weighted by molar-refractivity contribution is -0.280. The van der Waals surface area contributed by atoms with E-state index in [4.69, 9.17) is 4.84 Å². The summed E-state index contributed by atoms with van der Waals surface area (Å²) in [4.78, 5) is 43.2. The summed E-state index contributed by atoms with van der Waals surface area (Å²) in [5.74, 6) is -2.49. The van der Waals surface area contributed by atoms with Crippen molar-refractivity contribution < 1.29 is 40.8 Å². The van der Waals surface area contributed by atoms with E-state index in [1.165, 1.54) is 31.2 Å². The van der Waals surface area contributed by atoms with Crippen LogP contribution in [0, 0.1) is 12.1 Å². The Morgan fingerprint density at radius 2 is 1.57 bits per heavy atom. The molecule has 0 radical (unpaired) electrons. The maximum absolute atomic E-state index is 13.5. The molecule has 1 atom stereocenters. The van der Waals surface area contributed by atoms with Crippen molar-refractivity contribution in [3.05, 3.63) is 106 Å². The fourth-order valence-electron chi connectivity index (χ4n) is 4.72. The average Bonchev–Trinajstić information content (AvgIpc) is 3.57. The van der Waals surface area contributed by atoms with Gasteiger partial charge in [-0.2, -0.15) is 23.6 Å². The van der Waals surface area contributed by atoms with Crippen molar-refractivity contribution in [2.24, 2.45) is 0 Å². The predicted octanol–water partition coefficient (Wildman–Crippen LogP) is 3.89. The first kappa shape index (κ1) is 33.4. The maximum Gasteiger partial charge on any atom is 0.435 e. The van der Waals surface area contributed by atoms with Crippen LogP contribution in [-0.4, -0.2) is 71.0 Å². The van der Waals surface area contributed by atoms with Gasteiger partial charge in [-0.3, -0.25) is 19.2 Å². The number of likely N-dealkylation sites (N-methyl/N-ethyl adjacent to an activating group) is 1. The largest absolute Gasteiger partial charge is 0.748 e. The molecule has 2 heterocycles. The molecule has 1 aromatic heterocycles. The Balaban J connectivity index is 1.24. The van der Waals surface area contributed by atoms with Crippen LogP contribution in [0.1, 0.15) is 38.9 Å². The van der Waals surface area contributed by atoms with E-state index in [2.05, 4.69) is 5.10 Å². The molecule has 0 spiro atoms. The number of hydrogen-bond acceptors (Lipinski definition) is 10. The molecular weight excluding hydrogens is 645 g/mol. The van der Waals surface area contributed by atoms with Gasteiger partial charge in [-0.1, -0.05) is 42.0 Å². The van der Waals surface area contributed by atoms with Gasteiger partial charge in [-0.05, 0) is 56.3 Å². The van der Waals surface area contributed by atoms with Crippen LogP contribution in [0.25, 0.3) is 16.9 Å². The lowest BCUT2D eigenvalue weighted by Crippen LogP contribution is -2.48. The van der Waals surface area contributed by atoms with Crippen molar-refractivity contribution in [1.82, 2.24) is 29.7 Å². The molecule has 13 nitrogen and oxygen atoms in total. The summed E-state index contributed by atoms with van der Waals surface area (Å²) < 4.78 is 69.2. The number of imide groups is 1. The first-order valence-electron chi connectivity index (χ1n) is 13.8. The summed E-state index contributed by atoms with van der Waals surface area (Å²) >= 11 is 0. The average molecular weight is 672 g/mol. The van der Waals surface area contributed by atoms with Crippen LogP contribution < -0.4 is 4.72 Å². The summed E-state index contributed by atoms with van der Waals surface area (Å²) in [7, 11) is -3.39. The topological polar surface area (TPSA) is 157 Å². The molecule has 1 N–H and O–H groups in total. The number of fused-ring (bicyclic) bond motifs is 1. The lowest BCUT2D eigenvalue weighted by atomic mass is 10.1. The van der Waals surface area contributed by atoms with E-state index in [-0.39, 0.29) is 27.8 Å². The third kappa shape index (κ3) is 6.93. The summed E-state index contributed by atoms with van der Waals surface area (Å²) in [6.07, 6.45) is -6.11. The van der Waals surface area contributed by atoms with Crippen LogP contribution in [0.2, 0.25) is 0 Å². The molecule has 0 fully saturated rings. The Morgan fingerprint density at radius 3 is 2.13 bits per heavy atom. The molecule has 0 aliphatic carbocycles. The Kier molecular flexibility index (Phi) is 9.02. The minimum Gasteiger partial charge on any atom is -0.748 e. The summed E-state index contributed by atoms with van der Waals surface area (Å²) in [6.45, 7) is 2.28. The van der Waals surface area contributed by atoms with E-state index >= 15 is 0 Å². The molecule has 246 valence electrons. The van der Waals surface area contributed by atoms with Gasteiger partial charge >= 0.3 is 6.18 Å². The van der Waals surface area contributed by atoms with Crippen LogP contribution in [0.15, 0.2) is 83.8 Å². The van der Waals surface area contributed by atoms with Gasteiger partial charge in [0.1, 0.15) is 0 Å². The molecule has 5 rings (SSSR count). The van der Waals surface area contributed by atoms with Crippen molar-refractivity contribution in [1.29, 1.82) is 0 Å². The van der Waals surface area contributed by atoms with Gasteiger partial charge in [0.25, 0.3) is 21.8 Å². The second kappa shape index (κ2) is 12.7. The Hall–Kier alpha value is -4.94. The number of amides is 3. The number of rotatable bonds is 10. The summed E-state index contributed by atoms with van der Waals surface area (Å²) in [5, 5.41) is 16.7. The molecule has 17 heteroatoms. The Morgan fingerprint density at radius 1 is 1.00 bits per heavy atom. The number of hydrogen-bond donors (Lipinski definition) is 1. The highest BCUT2D eigenvalue weighted by molar-refractivity contribution is 7.90. The summed E-state index contributed by atoms with van der Waals surface area (Å²) in [6, 6.07) is 18.3. The fourth-order valence-corrected chi connectivity index (χ4v) is 5.69. The number of benzene rings is 3. The minimum absolute atomic E-state index is 0.117. The van der Waals surface area contributed by atoms with Crippen LogP contribution in [0.3, 0.4) is 0 Å². The van der Waals surface area contributed by atoms with Crippen molar-refractivity contribution >= 4 is 27.7 Å². The number of alkyl halides is 3. The molecule has 1 aliphatic rings. The standard InChI is InChI=1S/C30H26F3N6O7S/c1-18-8-10-20(11-9-18)25-16-26(30(31,32)33)34-38(25)21-12-14-22(15-13-21)47(44,45)35-27(40)17-36(3)39(43)46-19(2)37-28(41)23-6-4-5-7-24(23)29(37)42/h4-16,19H,17H2,1-3H3,(H,35,40)/q-1. The molecule has 0 bridgehead atoms. The van der Waals surface area contributed by atoms with E-state index in [0.717, 1.165) is 40.4 Å². The lowest BCUT2D eigenvalue weighted by Gasteiger charge is -2.38. The van der Waals surface area contributed by atoms with Gasteiger partial charge in [0.05, 0.1) is 33.9 Å². The fraction of sp³-hybridized carbons (Fsp3) is 0.200. The number of carbonyl (C=O) groups excluding carboxylic acids is 3. The van der Waals surface area contributed by atoms with E-state index in [0.29, 0.717) is 10.6 Å². The van der Waals surface area contributed by atoms with Crippen molar-refractivity contribution in [2.45, 2.75) is 31.1 Å². The first-order chi connectivity index (χ1) is 22.1. The quantitative estimate of drug-likeness (QED) is 0.194. The van der Waals surface area contributed by atoms with Gasteiger partial charge in [-0.25, -0.2) is 27.7 Å². The van der Waals surface area contributed by atoms with E-state index < -0.39 is 57.3 Å². The molecule has 0 saturated heterocycles. The normalized spacial score (nSPS) is 14.2. The van der Waals surface area contributed by atoms with Crippen molar-refractivity contribution in [3.8, 4) is 16.9 Å². The second-order valence-electron chi connectivity index (χ2n) is 10.5. The molecule has 1 aliphatic heterocycles. The highest BCUT2D eigenvalue weighted by atomic mass is 32.2. The highest BCUT2D eigenvalue weighted by Crippen LogP contribution is 2.33. The Bertz CT molecular complexity index is 1910. The molecule has 4 aromatic rings. The minimum atomic E-state index is -4.73. The monoisotopic (exact) mass is 671 g/mol. The SMILES string of the molecule is Cc1ccc(-c2cc(C(F)(F)F)nn2-c2ccc(S(=O)(=O)NC(=O)CN(C)N([O-])OC(C)N3C(=O)c4ccccc4C3=O)cc2)cc1. The number of sulfonamides is 1. The molecule has 1 unspecified atom stereocenters. The zero-order valence-corrected chi connectivity index (χ0v) is 25.7. The highest BCUT2D eigenvalue weighted by Gasteiger charge is 2.39. The van der Waals surface area contributed by atoms with Crippen LogP contribution in [-0.2, 0) is 25.8 Å². The molecule has 3 amide bonds. The molecule has 0 saturated carbocycles. The van der Waals surface area contributed by atoms with Gasteiger partial charge in [0.15, 0.2) is 11.9 Å². The van der Waals surface area contributed by atoms with Gasteiger partial charge in [-0.15, -0.1) is 0 Å². The van der Waals surface area contributed by atoms with E-state index in [1.54, 1.807) is 41.1 Å². The van der Waals surface area contributed by atoms with Crippen molar-refractivity contribution in [2.75, 3.05) is 13.6 Å². The zero-order chi connectivity index (χ0) is 34.3. The number of aryl methyl sites for hydroxylation is 1. The van der Waals surface area contributed by atoms with E-state index in [9.17, 15) is 41.2 Å². The maximum atomic E-state index is 13.5. The first-order valence-corrected chi connectivity index (χ1v) is 15.3.